The van der Waals surface area contributed by atoms with Gasteiger partial charge in [0.15, 0.2) is 6.10 Å². The molecule has 3 saturated heterocycles. The van der Waals surface area contributed by atoms with Gasteiger partial charge in [-0.05, 0) is 6.42 Å². The Morgan fingerprint density at radius 1 is 1.30 bits per heavy atom. The number of rotatable bonds is 6. The molecule has 5 unspecified atom stereocenters. The van der Waals surface area contributed by atoms with E-state index < -0.39 is 79.3 Å². The molecule has 3 aliphatic rings. The van der Waals surface area contributed by atoms with Gasteiger partial charge in [0.25, 0.3) is 10.1 Å². The summed E-state index contributed by atoms with van der Waals surface area (Å²) >= 11 is 0. The van der Waals surface area contributed by atoms with Gasteiger partial charge in [0, 0.05) is 0 Å². The summed E-state index contributed by atoms with van der Waals surface area (Å²) in [5.41, 5.74) is -0.644. The van der Waals surface area contributed by atoms with Crippen LogP contribution in [0.15, 0.2) is 12.2 Å². The van der Waals surface area contributed by atoms with E-state index in [-0.39, 0.29) is 6.42 Å². The molecular formula is C12H12F2O11S2. The van der Waals surface area contributed by atoms with Crippen LogP contribution in [0.25, 0.3) is 0 Å². The van der Waals surface area contributed by atoms with Gasteiger partial charge < -0.3 is 14.2 Å². The lowest BCUT2D eigenvalue weighted by atomic mass is 9.94. The van der Waals surface area contributed by atoms with Crippen LogP contribution in [0, 0.1) is 0 Å². The van der Waals surface area contributed by atoms with Crippen molar-refractivity contribution in [2.24, 2.45) is 0 Å². The van der Waals surface area contributed by atoms with E-state index in [1.54, 1.807) is 0 Å². The minimum atomic E-state index is -6.05. The number of fused-ring (bicyclic) bond motifs is 1. The lowest BCUT2D eigenvalue weighted by Gasteiger charge is -2.22. The van der Waals surface area contributed by atoms with Crippen LogP contribution < -0.4 is 0 Å². The van der Waals surface area contributed by atoms with Crippen LogP contribution in [-0.4, -0.2) is 74.9 Å². The average molecular weight is 434 g/mol. The maximum Gasteiger partial charge on any atom is 0.465 e. The van der Waals surface area contributed by atoms with Gasteiger partial charge in [-0.25, -0.2) is 9.59 Å². The molecule has 15 heteroatoms. The maximum atomic E-state index is 13.0. The van der Waals surface area contributed by atoms with Gasteiger partial charge in [-0.2, -0.15) is 25.6 Å². The van der Waals surface area contributed by atoms with Gasteiger partial charge in [0.1, 0.15) is 24.1 Å². The van der Waals surface area contributed by atoms with E-state index in [0.717, 1.165) is 0 Å². The number of carbonyl (C=O) groups is 2. The molecule has 11 nitrogen and oxygen atoms in total. The third-order valence-electron chi connectivity index (χ3n) is 4.26. The number of halogens is 2. The van der Waals surface area contributed by atoms with Crippen molar-refractivity contribution in [3.8, 4) is 0 Å². The molecule has 0 saturated carbocycles. The SMILES string of the molecule is C=C(COC(=O)C(F)(F)S(=O)(=O)O)C(=O)OC1C2CC3C(O2)C1OS3(=O)=O. The van der Waals surface area contributed by atoms with Crippen molar-refractivity contribution in [2.45, 2.75) is 41.3 Å². The van der Waals surface area contributed by atoms with Crippen LogP contribution >= 0.6 is 0 Å². The molecule has 0 radical (unpaired) electrons. The fourth-order valence-electron chi connectivity index (χ4n) is 2.98. The smallest absolute Gasteiger partial charge is 0.455 e. The number of ether oxygens (including phenoxy) is 3. The number of carbonyl (C=O) groups excluding carboxylic acids is 2. The molecule has 3 fully saturated rings. The topological polar surface area (TPSA) is 160 Å². The van der Waals surface area contributed by atoms with E-state index in [9.17, 15) is 35.2 Å². The van der Waals surface area contributed by atoms with Crippen molar-refractivity contribution >= 4 is 32.2 Å². The molecule has 2 bridgehead atoms. The molecule has 0 aliphatic carbocycles. The lowest BCUT2D eigenvalue weighted by Crippen LogP contribution is -2.42. The Morgan fingerprint density at radius 3 is 2.52 bits per heavy atom. The summed E-state index contributed by atoms with van der Waals surface area (Å²) in [5, 5.41) is -6.08. The van der Waals surface area contributed by atoms with Gasteiger partial charge in [-0.3, -0.25) is 8.74 Å². The second-order valence-corrected chi connectivity index (χ2v) is 9.25. The van der Waals surface area contributed by atoms with E-state index in [1.807, 2.05) is 0 Å². The summed E-state index contributed by atoms with van der Waals surface area (Å²) in [6, 6.07) is 0. The van der Waals surface area contributed by atoms with Crippen LogP contribution in [-0.2, 0) is 48.2 Å². The van der Waals surface area contributed by atoms with E-state index in [0.29, 0.717) is 0 Å². The highest BCUT2D eigenvalue weighted by molar-refractivity contribution is 7.88. The van der Waals surface area contributed by atoms with Crippen molar-refractivity contribution in [1.82, 2.24) is 0 Å². The van der Waals surface area contributed by atoms with Gasteiger partial charge in [0.05, 0.1) is 11.7 Å². The van der Waals surface area contributed by atoms with Crippen LogP contribution in [0.3, 0.4) is 0 Å². The first-order valence-electron chi connectivity index (χ1n) is 7.24. The van der Waals surface area contributed by atoms with Crippen LogP contribution in [0.4, 0.5) is 8.78 Å². The van der Waals surface area contributed by atoms with Crippen molar-refractivity contribution in [1.29, 1.82) is 0 Å². The van der Waals surface area contributed by atoms with Gasteiger partial charge in [0.2, 0.25) is 0 Å². The average Bonchev–Trinajstić information content (AvgIpc) is 3.15. The highest BCUT2D eigenvalue weighted by Gasteiger charge is 2.67. The van der Waals surface area contributed by atoms with Gasteiger partial charge in [-0.1, -0.05) is 6.58 Å². The molecule has 1 N–H and O–H groups in total. The zero-order chi connectivity index (χ0) is 20.4. The lowest BCUT2D eigenvalue weighted by molar-refractivity contribution is -0.161. The normalized spacial score (nSPS) is 33.7. The molecule has 3 aliphatic heterocycles. The highest BCUT2D eigenvalue weighted by atomic mass is 32.2. The fourth-order valence-corrected chi connectivity index (χ4v) is 4.89. The third kappa shape index (κ3) is 3.22. The first-order chi connectivity index (χ1) is 12.3. The van der Waals surface area contributed by atoms with Crippen molar-refractivity contribution in [2.75, 3.05) is 6.61 Å². The van der Waals surface area contributed by atoms with E-state index in [1.165, 1.54) is 0 Å². The van der Waals surface area contributed by atoms with E-state index >= 15 is 0 Å². The molecule has 27 heavy (non-hydrogen) atoms. The van der Waals surface area contributed by atoms with Gasteiger partial charge >= 0.3 is 27.3 Å². The van der Waals surface area contributed by atoms with Crippen molar-refractivity contribution in [3.63, 3.8) is 0 Å². The second kappa shape index (κ2) is 6.16. The predicted molar refractivity (Wildman–Crippen MR) is 77.3 cm³/mol. The minimum absolute atomic E-state index is 0.0451. The first-order valence-corrected chi connectivity index (χ1v) is 10.2. The number of alkyl halides is 2. The Kier molecular flexibility index (Phi) is 4.58. The molecular weight excluding hydrogens is 422 g/mol. The summed E-state index contributed by atoms with van der Waals surface area (Å²) in [7, 11) is -9.90. The Labute approximate surface area is 151 Å². The van der Waals surface area contributed by atoms with Crippen LogP contribution in [0.1, 0.15) is 6.42 Å². The molecule has 3 rings (SSSR count). The van der Waals surface area contributed by atoms with Crippen molar-refractivity contribution in [3.05, 3.63) is 12.2 Å². The molecule has 0 aromatic heterocycles. The Hall–Kier alpha value is -1.68. The van der Waals surface area contributed by atoms with Gasteiger partial charge in [-0.15, -0.1) is 0 Å². The highest BCUT2D eigenvalue weighted by Crippen LogP contribution is 2.47. The van der Waals surface area contributed by atoms with Crippen molar-refractivity contribution < 1.29 is 58.2 Å². The minimum Gasteiger partial charge on any atom is -0.455 e. The first kappa shape index (κ1) is 20.1. The molecule has 5 atom stereocenters. The summed E-state index contributed by atoms with van der Waals surface area (Å²) in [4.78, 5) is 23.0. The zero-order valence-electron chi connectivity index (χ0n) is 13.1. The fraction of sp³-hybridized carbons (Fsp3) is 0.667. The summed E-state index contributed by atoms with van der Waals surface area (Å²) < 4.78 is 97.9. The van der Waals surface area contributed by atoms with Crippen LogP contribution in [0.5, 0.6) is 0 Å². The number of hydrogen-bond donors (Lipinski definition) is 1. The van der Waals surface area contributed by atoms with E-state index in [4.69, 9.17) is 18.2 Å². The molecule has 0 aromatic rings. The molecule has 0 aromatic carbocycles. The standard InChI is InChI=1S/C12H12F2O11S2/c1-4(3-22-11(16)12(13,14)27(19,20)21)10(15)24-7-5-2-6-8(23-5)9(7)25-26(6,17)18/h5-9H,1-3H2,(H,19,20,21). The quantitative estimate of drug-likeness (QED) is 0.230. The monoisotopic (exact) mass is 434 g/mol. The second-order valence-electron chi connectivity index (χ2n) is 6.01. The Bertz CT molecular complexity index is 910. The van der Waals surface area contributed by atoms with E-state index in [2.05, 4.69) is 11.3 Å². The molecule has 3 heterocycles. The Morgan fingerprint density at radius 2 is 1.93 bits per heavy atom. The predicted octanol–water partition coefficient (Wildman–Crippen LogP) is -1.25. The number of hydrogen-bond acceptors (Lipinski definition) is 10. The summed E-state index contributed by atoms with van der Waals surface area (Å²) in [6.07, 6.45) is -3.64. The molecule has 0 spiro atoms. The molecule has 0 amide bonds. The maximum absolute atomic E-state index is 13.0. The largest absolute Gasteiger partial charge is 0.465 e. The zero-order valence-corrected chi connectivity index (χ0v) is 14.7. The summed E-state index contributed by atoms with van der Waals surface area (Å²) in [5.74, 6) is -3.83. The molecule has 152 valence electrons. The van der Waals surface area contributed by atoms with Crippen LogP contribution in [0.2, 0.25) is 0 Å². The summed E-state index contributed by atoms with van der Waals surface area (Å²) in [6.45, 7) is 2.00. The Balaban J connectivity index is 1.57. The third-order valence-corrected chi connectivity index (χ3v) is 6.77. The number of esters is 2.